The molecule has 0 unspecified atom stereocenters. The molecule has 0 radical (unpaired) electrons. The molecular formula is C27H33F2NO3. The van der Waals surface area contributed by atoms with E-state index >= 15 is 0 Å². The summed E-state index contributed by atoms with van der Waals surface area (Å²) in [5.41, 5.74) is 1.85. The summed E-state index contributed by atoms with van der Waals surface area (Å²) in [6, 6.07) is 9.60. The molecule has 1 aliphatic heterocycles. The van der Waals surface area contributed by atoms with Crippen molar-refractivity contribution in [1.82, 2.24) is 4.90 Å². The van der Waals surface area contributed by atoms with Crippen molar-refractivity contribution in [3.63, 3.8) is 0 Å². The summed E-state index contributed by atoms with van der Waals surface area (Å²) in [7, 11) is 0. The molecule has 1 heterocycles. The summed E-state index contributed by atoms with van der Waals surface area (Å²) in [6.07, 6.45) is 3.58. The zero-order chi connectivity index (χ0) is 23.8. The number of carbonyl (C=O) groups is 1. The fourth-order valence-electron chi connectivity index (χ4n) is 4.75. The first-order valence-electron chi connectivity index (χ1n) is 11.8. The van der Waals surface area contributed by atoms with Crippen LogP contribution in [0.3, 0.4) is 0 Å². The number of piperidine rings is 1. The quantitative estimate of drug-likeness (QED) is 0.596. The molecular weight excluding hydrogens is 424 g/mol. The van der Waals surface area contributed by atoms with E-state index in [0.717, 1.165) is 55.5 Å². The first kappa shape index (κ1) is 23.8. The Labute approximate surface area is 194 Å². The average Bonchev–Trinajstić information content (AvgIpc) is 3.59. The number of hydrogen-bond donors (Lipinski definition) is 1. The number of aliphatic hydroxyl groups is 1. The third-order valence-corrected chi connectivity index (χ3v) is 6.83. The summed E-state index contributed by atoms with van der Waals surface area (Å²) >= 11 is 0. The number of carbonyl (C=O) groups excluding carboxylic acids is 1. The predicted octanol–water partition coefficient (Wildman–Crippen LogP) is 5.32. The highest BCUT2D eigenvalue weighted by Gasteiger charge is 2.36. The Morgan fingerprint density at radius 1 is 1.12 bits per heavy atom. The van der Waals surface area contributed by atoms with Gasteiger partial charge in [-0.05, 0) is 106 Å². The third kappa shape index (κ3) is 5.44. The maximum Gasteiger partial charge on any atom is 0.341 e. The minimum absolute atomic E-state index is 0.00447. The van der Waals surface area contributed by atoms with Crippen LogP contribution in [0.25, 0.3) is 0 Å². The van der Waals surface area contributed by atoms with E-state index in [4.69, 9.17) is 4.74 Å². The number of hydrogen-bond acceptors (Lipinski definition) is 4. The van der Waals surface area contributed by atoms with Crippen LogP contribution in [0.5, 0.6) is 0 Å². The van der Waals surface area contributed by atoms with Gasteiger partial charge in [-0.1, -0.05) is 12.1 Å². The van der Waals surface area contributed by atoms with Gasteiger partial charge in [0.1, 0.15) is 17.2 Å². The lowest BCUT2D eigenvalue weighted by atomic mass is 9.73. The Balaban J connectivity index is 1.50. The topological polar surface area (TPSA) is 49.8 Å². The Morgan fingerprint density at radius 3 is 2.30 bits per heavy atom. The monoisotopic (exact) mass is 457 g/mol. The van der Waals surface area contributed by atoms with Crippen LogP contribution in [-0.2, 0) is 16.7 Å². The highest BCUT2D eigenvalue weighted by molar-refractivity contribution is 5.90. The van der Waals surface area contributed by atoms with Crippen molar-refractivity contribution in [2.75, 3.05) is 19.7 Å². The molecule has 6 heteroatoms. The van der Waals surface area contributed by atoms with Gasteiger partial charge in [-0.2, -0.15) is 0 Å². The largest absolute Gasteiger partial charge is 0.456 e. The van der Waals surface area contributed by atoms with Crippen LogP contribution < -0.4 is 0 Å². The maximum absolute atomic E-state index is 14.9. The molecule has 1 saturated heterocycles. The molecule has 0 spiro atoms. The lowest BCUT2D eigenvalue weighted by Crippen LogP contribution is -2.44. The zero-order valence-corrected chi connectivity index (χ0v) is 19.7. The van der Waals surface area contributed by atoms with Gasteiger partial charge in [0.25, 0.3) is 0 Å². The first-order chi connectivity index (χ1) is 15.6. The first-order valence-corrected chi connectivity index (χ1v) is 11.8. The molecule has 0 aromatic heterocycles. The number of ether oxygens (including phenoxy) is 1. The van der Waals surface area contributed by atoms with Crippen molar-refractivity contribution in [1.29, 1.82) is 0 Å². The van der Waals surface area contributed by atoms with E-state index in [0.29, 0.717) is 12.5 Å². The number of likely N-dealkylation sites (tertiary alicyclic amines) is 1. The van der Waals surface area contributed by atoms with Gasteiger partial charge < -0.3 is 9.84 Å². The number of esters is 1. The standard InChI is InChI=1S/C27H33F2NO3/c1-26(2,3)33-25(32)23-15-22(18-4-5-18)19(14-24(23)29)16-30-12-10-27(17-31,11-13-30)20-6-8-21(28)9-7-20/h6-9,14-15,18,31H,4-5,10-13,16-17H2,1-3H3. The summed E-state index contributed by atoms with van der Waals surface area (Å²) in [4.78, 5) is 14.8. The van der Waals surface area contributed by atoms with Crippen molar-refractivity contribution >= 4 is 5.97 Å². The summed E-state index contributed by atoms with van der Waals surface area (Å²) in [5, 5.41) is 10.2. The Kier molecular flexibility index (Phi) is 6.61. The van der Waals surface area contributed by atoms with Crippen LogP contribution in [0.15, 0.2) is 36.4 Å². The fourth-order valence-corrected chi connectivity index (χ4v) is 4.75. The molecule has 33 heavy (non-hydrogen) atoms. The lowest BCUT2D eigenvalue weighted by Gasteiger charge is -2.41. The van der Waals surface area contributed by atoms with E-state index in [2.05, 4.69) is 4.90 Å². The van der Waals surface area contributed by atoms with Crippen LogP contribution in [0.4, 0.5) is 8.78 Å². The van der Waals surface area contributed by atoms with Crippen molar-refractivity contribution in [2.24, 2.45) is 0 Å². The van der Waals surface area contributed by atoms with E-state index in [1.807, 2.05) is 0 Å². The molecule has 0 bridgehead atoms. The Hall–Kier alpha value is -2.31. The summed E-state index contributed by atoms with van der Waals surface area (Å²) in [5.74, 6) is -1.09. The second kappa shape index (κ2) is 9.15. The molecule has 1 N–H and O–H groups in total. The zero-order valence-electron chi connectivity index (χ0n) is 19.7. The van der Waals surface area contributed by atoms with Crippen molar-refractivity contribution < 1.29 is 23.4 Å². The molecule has 178 valence electrons. The van der Waals surface area contributed by atoms with Gasteiger partial charge in [-0.25, -0.2) is 13.6 Å². The third-order valence-electron chi connectivity index (χ3n) is 6.83. The van der Waals surface area contributed by atoms with Gasteiger partial charge in [0, 0.05) is 12.0 Å². The second-order valence-electron chi connectivity index (χ2n) is 10.5. The van der Waals surface area contributed by atoms with Crippen LogP contribution in [0.1, 0.15) is 79.4 Å². The second-order valence-corrected chi connectivity index (χ2v) is 10.5. The number of halogens is 2. The van der Waals surface area contributed by atoms with Crippen LogP contribution in [-0.4, -0.2) is 41.3 Å². The smallest absolute Gasteiger partial charge is 0.341 e. The number of nitrogens with zero attached hydrogens (tertiary/aromatic N) is 1. The normalized spacial score (nSPS) is 18.8. The van der Waals surface area contributed by atoms with Crippen LogP contribution in [0.2, 0.25) is 0 Å². The predicted molar refractivity (Wildman–Crippen MR) is 123 cm³/mol. The molecule has 4 rings (SSSR count). The van der Waals surface area contributed by atoms with E-state index in [1.54, 1.807) is 39.0 Å². The highest BCUT2D eigenvalue weighted by atomic mass is 19.1. The van der Waals surface area contributed by atoms with Gasteiger partial charge in [0.05, 0.1) is 12.2 Å². The molecule has 1 saturated carbocycles. The minimum atomic E-state index is -0.681. The van der Waals surface area contributed by atoms with Gasteiger partial charge >= 0.3 is 5.97 Å². The number of rotatable bonds is 6. The molecule has 2 aromatic carbocycles. The molecule has 4 nitrogen and oxygen atoms in total. The minimum Gasteiger partial charge on any atom is -0.456 e. The van der Waals surface area contributed by atoms with E-state index in [9.17, 15) is 18.7 Å². The van der Waals surface area contributed by atoms with Crippen LogP contribution in [0, 0.1) is 11.6 Å². The highest BCUT2D eigenvalue weighted by Crippen LogP contribution is 2.43. The Bertz CT molecular complexity index is 1000. The summed E-state index contributed by atoms with van der Waals surface area (Å²) in [6.45, 7) is 7.42. The number of aliphatic hydroxyl groups excluding tert-OH is 1. The molecule has 2 aromatic rings. The van der Waals surface area contributed by atoms with Crippen LogP contribution >= 0.6 is 0 Å². The molecule has 1 aliphatic carbocycles. The summed E-state index contributed by atoms with van der Waals surface area (Å²) < 4.78 is 33.7. The van der Waals surface area contributed by atoms with Gasteiger partial charge in [0.15, 0.2) is 0 Å². The van der Waals surface area contributed by atoms with E-state index in [1.165, 1.54) is 18.2 Å². The maximum atomic E-state index is 14.9. The molecule has 2 fully saturated rings. The van der Waals surface area contributed by atoms with Crippen molar-refractivity contribution in [3.05, 3.63) is 70.3 Å². The van der Waals surface area contributed by atoms with E-state index in [-0.39, 0.29) is 23.4 Å². The molecule has 0 amide bonds. The average molecular weight is 458 g/mol. The Morgan fingerprint density at radius 2 is 1.76 bits per heavy atom. The van der Waals surface area contributed by atoms with Gasteiger partial charge in [-0.15, -0.1) is 0 Å². The molecule has 0 atom stereocenters. The number of benzene rings is 2. The molecule has 2 aliphatic rings. The van der Waals surface area contributed by atoms with Gasteiger partial charge in [-0.3, -0.25) is 4.90 Å². The lowest BCUT2D eigenvalue weighted by molar-refractivity contribution is 0.00645. The van der Waals surface area contributed by atoms with Crippen molar-refractivity contribution in [2.45, 2.75) is 69.9 Å². The van der Waals surface area contributed by atoms with Crippen molar-refractivity contribution in [3.8, 4) is 0 Å². The SMILES string of the molecule is CC(C)(C)OC(=O)c1cc(C2CC2)c(CN2CCC(CO)(c3ccc(F)cc3)CC2)cc1F. The van der Waals surface area contributed by atoms with Gasteiger partial charge in [0.2, 0.25) is 0 Å². The van der Waals surface area contributed by atoms with E-state index < -0.39 is 17.4 Å². The fraction of sp³-hybridized carbons (Fsp3) is 0.519.